The van der Waals surface area contributed by atoms with Gasteiger partial charge in [0.1, 0.15) is 0 Å². The summed E-state index contributed by atoms with van der Waals surface area (Å²) in [6.45, 7) is 3.25. The molecule has 1 aliphatic rings. The Balaban J connectivity index is 1.76. The third kappa shape index (κ3) is 3.99. The summed E-state index contributed by atoms with van der Waals surface area (Å²) in [4.78, 5) is 19.9. The standard InChI is InChI=1S/C20H18ClIN2O2S/c1-12-9-13(21)10-17-18(12)23-20(27-17)24(11-14-5-4-8-26-14)19(25)15-6-2-3-7-16(15)22/h2-3,6-7,9-10,14H,4-5,8,11H2,1H3. The van der Waals surface area contributed by atoms with Gasteiger partial charge in [-0.05, 0) is 72.2 Å². The maximum atomic E-state index is 13.4. The van der Waals surface area contributed by atoms with Crippen LogP contribution in [0.5, 0.6) is 0 Å². The molecule has 0 bridgehead atoms. The van der Waals surface area contributed by atoms with Crippen LogP contribution in [-0.4, -0.2) is 30.1 Å². The Morgan fingerprint density at radius 3 is 2.96 bits per heavy atom. The lowest BCUT2D eigenvalue weighted by atomic mass is 10.2. The number of hydrogen-bond donors (Lipinski definition) is 0. The number of aromatic nitrogens is 1. The molecule has 0 aliphatic carbocycles. The van der Waals surface area contributed by atoms with Gasteiger partial charge < -0.3 is 4.74 Å². The van der Waals surface area contributed by atoms with Crippen LogP contribution in [0.3, 0.4) is 0 Å². The van der Waals surface area contributed by atoms with E-state index in [4.69, 9.17) is 21.3 Å². The summed E-state index contributed by atoms with van der Waals surface area (Å²) in [5, 5.41) is 1.38. The molecule has 2 heterocycles. The topological polar surface area (TPSA) is 42.4 Å². The van der Waals surface area contributed by atoms with Crippen LogP contribution < -0.4 is 4.90 Å². The van der Waals surface area contributed by atoms with Crippen LogP contribution >= 0.6 is 45.5 Å². The average molecular weight is 513 g/mol. The molecule has 0 N–H and O–H groups in total. The molecule has 3 aromatic rings. The van der Waals surface area contributed by atoms with Gasteiger partial charge in [0.25, 0.3) is 5.91 Å². The molecule has 140 valence electrons. The zero-order valence-electron chi connectivity index (χ0n) is 14.7. The van der Waals surface area contributed by atoms with Gasteiger partial charge in [-0.2, -0.15) is 0 Å². The van der Waals surface area contributed by atoms with E-state index >= 15 is 0 Å². The molecular weight excluding hydrogens is 495 g/mol. The number of anilines is 1. The van der Waals surface area contributed by atoms with Crippen molar-refractivity contribution in [2.75, 3.05) is 18.1 Å². The van der Waals surface area contributed by atoms with Gasteiger partial charge in [-0.25, -0.2) is 4.98 Å². The number of amides is 1. The van der Waals surface area contributed by atoms with Crippen molar-refractivity contribution in [2.45, 2.75) is 25.9 Å². The van der Waals surface area contributed by atoms with Crippen molar-refractivity contribution in [1.82, 2.24) is 4.98 Å². The Bertz CT molecular complexity index is 1000. The molecule has 2 aromatic carbocycles. The molecule has 1 aliphatic heterocycles. The summed E-state index contributed by atoms with van der Waals surface area (Å²) in [5.74, 6) is -0.0432. The zero-order valence-corrected chi connectivity index (χ0v) is 18.5. The van der Waals surface area contributed by atoms with Crippen molar-refractivity contribution >= 4 is 66.8 Å². The van der Waals surface area contributed by atoms with Crippen molar-refractivity contribution in [1.29, 1.82) is 0 Å². The van der Waals surface area contributed by atoms with Crippen molar-refractivity contribution in [2.24, 2.45) is 0 Å². The molecule has 7 heteroatoms. The fraction of sp³-hybridized carbons (Fsp3) is 0.300. The molecule has 4 rings (SSSR count). The van der Waals surface area contributed by atoms with Gasteiger partial charge in [0.05, 0.1) is 28.4 Å². The van der Waals surface area contributed by atoms with E-state index in [1.54, 1.807) is 4.90 Å². The van der Waals surface area contributed by atoms with E-state index in [0.29, 0.717) is 22.3 Å². The largest absolute Gasteiger partial charge is 0.376 e. The lowest BCUT2D eigenvalue weighted by Gasteiger charge is -2.23. The Labute approximate surface area is 180 Å². The number of ether oxygens (including phenoxy) is 1. The lowest BCUT2D eigenvalue weighted by Crippen LogP contribution is -2.37. The van der Waals surface area contributed by atoms with E-state index < -0.39 is 0 Å². The first-order valence-electron chi connectivity index (χ1n) is 8.77. The SMILES string of the molecule is Cc1cc(Cl)cc2sc(N(CC3CCCO3)C(=O)c3ccccc3I)nc12. The first-order chi connectivity index (χ1) is 13.0. The smallest absolute Gasteiger partial charge is 0.261 e. The number of carbonyl (C=O) groups excluding carboxylic acids is 1. The quantitative estimate of drug-likeness (QED) is 0.422. The summed E-state index contributed by atoms with van der Waals surface area (Å²) in [6, 6.07) is 11.4. The van der Waals surface area contributed by atoms with E-state index in [-0.39, 0.29) is 12.0 Å². The summed E-state index contributed by atoms with van der Waals surface area (Å²) in [5.41, 5.74) is 2.59. The number of benzene rings is 2. The normalized spacial score (nSPS) is 16.8. The monoisotopic (exact) mass is 512 g/mol. The van der Waals surface area contributed by atoms with Crippen molar-refractivity contribution in [3.05, 3.63) is 56.1 Å². The Morgan fingerprint density at radius 1 is 1.41 bits per heavy atom. The Morgan fingerprint density at radius 2 is 2.22 bits per heavy atom. The van der Waals surface area contributed by atoms with Gasteiger partial charge in [0.15, 0.2) is 5.13 Å². The Kier molecular flexibility index (Phi) is 5.68. The molecular formula is C20H18ClIN2O2S. The van der Waals surface area contributed by atoms with Crippen LogP contribution in [-0.2, 0) is 4.74 Å². The first kappa shape index (κ1) is 19.1. The fourth-order valence-corrected chi connectivity index (χ4v) is 5.32. The lowest BCUT2D eigenvalue weighted by molar-refractivity contribution is 0.0916. The summed E-state index contributed by atoms with van der Waals surface area (Å²) in [6.07, 6.45) is 2.04. The van der Waals surface area contributed by atoms with Crippen LogP contribution in [0.4, 0.5) is 5.13 Å². The van der Waals surface area contributed by atoms with Crippen LogP contribution in [0, 0.1) is 10.5 Å². The third-order valence-corrected chi connectivity index (χ3v) is 6.81. The number of rotatable bonds is 4. The van der Waals surface area contributed by atoms with Gasteiger partial charge in [-0.3, -0.25) is 9.69 Å². The first-order valence-corrected chi connectivity index (χ1v) is 11.0. The van der Waals surface area contributed by atoms with Gasteiger partial charge in [-0.15, -0.1) is 0 Å². The van der Waals surface area contributed by atoms with Gasteiger partial charge in [0.2, 0.25) is 0 Å². The van der Waals surface area contributed by atoms with Gasteiger partial charge in [-0.1, -0.05) is 35.1 Å². The van der Waals surface area contributed by atoms with E-state index in [1.807, 2.05) is 43.3 Å². The molecule has 1 saturated heterocycles. The predicted octanol–water partition coefficient (Wildman–Crippen LogP) is 5.69. The van der Waals surface area contributed by atoms with Crippen LogP contribution in [0.2, 0.25) is 5.02 Å². The second-order valence-electron chi connectivity index (χ2n) is 6.60. The number of halogens is 2. The van der Waals surface area contributed by atoms with Gasteiger partial charge >= 0.3 is 0 Å². The second kappa shape index (κ2) is 8.03. The van der Waals surface area contributed by atoms with Crippen molar-refractivity contribution in [3.63, 3.8) is 0 Å². The highest BCUT2D eigenvalue weighted by molar-refractivity contribution is 14.1. The van der Waals surface area contributed by atoms with E-state index in [9.17, 15) is 4.79 Å². The highest BCUT2D eigenvalue weighted by Crippen LogP contribution is 2.34. The van der Waals surface area contributed by atoms with Gasteiger partial charge in [0, 0.05) is 15.2 Å². The average Bonchev–Trinajstić information content (AvgIpc) is 3.29. The Hall–Kier alpha value is -1.22. The third-order valence-electron chi connectivity index (χ3n) is 4.63. The second-order valence-corrected chi connectivity index (χ2v) is 9.20. The maximum Gasteiger partial charge on any atom is 0.261 e. The number of fused-ring (bicyclic) bond motifs is 1. The molecule has 1 amide bonds. The predicted molar refractivity (Wildman–Crippen MR) is 119 cm³/mol. The highest BCUT2D eigenvalue weighted by atomic mass is 127. The molecule has 0 saturated carbocycles. The molecule has 0 spiro atoms. The highest BCUT2D eigenvalue weighted by Gasteiger charge is 2.28. The summed E-state index contributed by atoms with van der Waals surface area (Å²) < 4.78 is 7.72. The summed E-state index contributed by atoms with van der Waals surface area (Å²) >= 11 is 9.91. The molecule has 1 aromatic heterocycles. The van der Waals surface area contributed by atoms with E-state index in [1.165, 1.54) is 11.3 Å². The fourth-order valence-electron chi connectivity index (χ4n) is 3.28. The van der Waals surface area contributed by atoms with Crippen LogP contribution in [0.25, 0.3) is 10.2 Å². The van der Waals surface area contributed by atoms with E-state index in [0.717, 1.165) is 38.8 Å². The minimum atomic E-state index is -0.0432. The van der Waals surface area contributed by atoms with Crippen molar-refractivity contribution in [3.8, 4) is 0 Å². The van der Waals surface area contributed by atoms with Crippen molar-refractivity contribution < 1.29 is 9.53 Å². The van der Waals surface area contributed by atoms with Crippen LogP contribution in [0.15, 0.2) is 36.4 Å². The van der Waals surface area contributed by atoms with E-state index in [2.05, 4.69) is 22.6 Å². The minimum Gasteiger partial charge on any atom is -0.376 e. The molecule has 0 radical (unpaired) electrons. The minimum absolute atomic E-state index is 0.0432. The number of thiazole rings is 1. The number of carbonyl (C=O) groups is 1. The molecule has 27 heavy (non-hydrogen) atoms. The molecule has 4 nitrogen and oxygen atoms in total. The molecule has 1 unspecified atom stereocenters. The molecule has 1 fully saturated rings. The molecule has 1 atom stereocenters. The number of nitrogens with zero attached hydrogens (tertiary/aromatic N) is 2. The number of hydrogen-bond acceptors (Lipinski definition) is 4. The maximum absolute atomic E-state index is 13.4. The zero-order chi connectivity index (χ0) is 19.0. The number of aryl methyl sites for hydroxylation is 1. The van der Waals surface area contributed by atoms with Crippen LogP contribution in [0.1, 0.15) is 28.8 Å². The summed E-state index contributed by atoms with van der Waals surface area (Å²) in [7, 11) is 0.